The highest BCUT2D eigenvalue weighted by Crippen LogP contribution is 2.29. The molecule has 9 nitrogen and oxygen atoms in total. The number of carbonyl (C=O) groups is 2. The first-order valence-corrected chi connectivity index (χ1v) is 11.4. The molecule has 0 heterocycles. The van der Waals surface area contributed by atoms with Gasteiger partial charge in [0, 0.05) is 25.6 Å². The number of ether oxygens (including phenoxy) is 2. The molecule has 0 bridgehead atoms. The van der Waals surface area contributed by atoms with Crippen molar-refractivity contribution < 1.29 is 24.0 Å². The molecule has 1 N–H and O–H groups in total. The number of nitrogens with zero attached hydrogens (tertiary/aromatic N) is 2. The molecule has 174 valence electrons. The normalized spacial score (nSPS) is 10.7. The van der Waals surface area contributed by atoms with Gasteiger partial charge in [-0.2, -0.15) is 5.10 Å². The van der Waals surface area contributed by atoms with Gasteiger partial charge in [-0.25, -0.2) is 10.2 Å². The van der Waals surface area contributed by atoms with E-state index in [9.17, 15) is 19.7 Å². The van der Waals surface area contributed by atoms with Gasteiger partial charge in [0.1, 0.15) is 5.75 Å². The minimum atomic E-state index is -0.665. The van der Waals surface area contributed by atoms with Crippen LogP contribution >= 0.6 is 43.5 Å². The van der Waals surface area contributed by atoms with E-state index in [1.165, 1.54) is 18.3 Å². The molecule has 3 aromatic carbocycles. The van der Waals surface area contributed by atoms with Crippen molar-refractivity contribution in [2.24, 2.45) is 5.10 Å². The zero-order chi connectivity index (χ0) is 24.7. The lowest BCUT2D eigenvalue weighted by Gasteiger charge is -2.08. The van der Waals surface area contributed by atoms with Gasteiger partial charge >= 0.3 is 11.7 Å². The summed E-state index contributed by atoms with van der Waals surface area (Å²) in [6.45, 7) is -0.524. The summed E-state index contributed by atoms with van der Waals surface area (Å²) in [7, 11) is 0. The van der Waals surface area contributed by atoms with Crippen LogP contribution in [0, 0.1) is 10.1 Å². The monoisotopic (exact) mass is 609 g/mol. The highest BCUT2D eigenvalue weighted by molar-refractivity contribution is 9.10. The molecule has 0 saturated heterocycles. The Morgan fingerprint density at radius 1 is 1.03 bits per heavy atom. The summed E-state index contributed by atoms with van der Waals surface area (Å²) in [5.41, 5.74) is 2.65. The number of nitro benzene ring substituents is 1. The van der Waals surface area contributed by atoms with Crippen LogP contribution in [-0.2, 0) is 4.79 Å². The molecule has 0 atom stereocenters. The molecule has 0 aromatic heterocycles. The molecule has 0 aliphatic heterocycles. The van der Waals surface area contributed by atoms with E-state index >= 15 is 0 Å². The van der Waals surface area contributed by atoms with Crippen LogP contribution < -0.4 is 14.9 Å². The van der Waals surface area contributed by atoms with Crippen LogP contribution in [0.5, 0.6) is 11.5 Å². The molecule has 0 aliphatic rings. The van der Waals surface area contributed by atoms with Crippen molar-refractivity contribution in [3.63, 3.8) is 0 Å². The number of rotatable bonds is 8. The van der Waals surface area contributed by atoms with Crippen molar-refractivity contribution in [2.75, 3.05) is 6.61 Å². The van der Waals surface area contributed by atoms with Gasteiger partial charge in [-0.3, -0.25) is 14.9 Å². The number of benzene rings is 3. The van der Waals surface area contributed by atoms with Gasteiger partial charge in [-0.15, -0.1) is 0 Å². The maximum atomic E-state index is 12.4. The zero-order valence-corrected chi connectivity index (χ0v) is 21.0. The number of esters is 1. The Bertz CT molecular complexity index is 1270. The maximum absolute atomic E-state index is 12.4. The number of hydrogen-bond acceptors (Lipinski definition) is 7. The lowest BCUT2D eigenvalue weighted by atomic mass is 10.2. The van der Waals surface area contributed by atoms with E-state index in [2.05, 4.69) is 42.4 Å². The van der Waals surface area contributed by atoms with Crippen LogP contribution in [0.1, 0.15) is 15.9 Å². The first-order chi connectivity index (χ1) is 16.2. The van der Waals surface area contributed by atoms with Crippen molar-refractivity contribution >= 4 is 67.2 Å². The van der Waals surface area contributed by atoms with Gasteiger partial charge in [0.2, 0.25) is 0 Å². The third kappa shape index (κ3) is 7.11. The molecule has 0 aliphatic carbocycles. The predicted octanol–water partition coefficient (Wildman–Crippen LogP) is 5.52. The number of nitrogens with one attached hydrogen (secondary N) is 1. The summed E-state index contributed by atoms with van der Waals surface area (Å²) in [6.07, 6.45) is 1.29. The molecule has 0 fully saturated rings. The second kappa shape index (κ2) is 11.7. The minimum Gasteiger partial charge on any atom is -0.477 e. The lowest BCUT2D eigenvalue weighted by molar-refractivity contribution is -0.385. The van der Waals surface area contributed by atoms with E-state index < -0.39 is 23.4 Å². The van der Waals surface area contributed by atoms with Crippen LogP contribution in [0.25, 0.3) is 0 Å². The summed E-state index contributed by atoms with van der Waals surface area (Å²) < 4.78 is 12.2. The molecule has 0 spiro atoms. The summed E-state index contributed by atoms with van der Waals surface area (Å²) >= 11 is 12.4. The molecule has 3 rings (SSSR count). The number of amides is 1. The van der Waals surface area contributed by atoms with Crippen LogP contribution in [0.2, 0.25) is 5.02 Å². The quantitative estimate of drug-likeness (QED) is 0.118. The second-order valence-corrected chi connectivity index (χ2v) is 8.80. The number of halogens is 3. The smallest absolute Gasteiger partial charge is 0.343 e. The molecule has 34 heavy (non-hydrogen) atoms. The van der Waals surface area contributed by atoms with E-state index in [0.717, 1.165) is 10.5 Å². The van der Waals surface area contributed by atoms with E-state index in [1.54, 1.807) is 42.5 Å². The largest absolute Gasteiger partial charge is 0.477 e. The topological polar surface area (TPSA) is 120 Å². The Balaban J connectivity index is 1.63. The third-order valence-electron chi connectivity index (χ3n) is 4.12. The fraction of sp³-hybridized carbons (Fsp3) is 0.0455. The van der Waals surface area contributed by atoms with Gasteiger partial charge in [0.25, 0.3) is 5.91 Å². The summed E-state index contributed by atoms with van der Waals surface area (Å²) in [5, 5.41) is 15.1. The predicted molar refractivity (Wildman–Crippen MR) is 133 cm³/mol. The minimum absolute atomic E-state index is 0.109. The van der Waals surface area contributed by atoms with Crippen LogP contribution in [0.15, 0.2) is 74.7 Å². The number of nitro groups is 1. The highest BCUT2D eigenvalue weighted by Gasteiger charge is 2.17. The molecule has 0 unspecified atom stereocenters. The molecule has 0 saturated carbocycles. The van der Waals surface area contributed by atoms with Gasteiger partial charge in [0.05, 0.1) is 16.7 Å². The third-order valence-corrected chi connectivity index (χ3v) is 5.38. The maximum Gasteiger partial charge on any atom is 0.343 e. The zero-order valence-electron chi connectivity index (χ0n) is 17.0. The Morgan fingerprint density at radius 3 is 2.41 bits per heavy atom. The van der Waals surface area contributed by atoms with E-state index in [-0.39, 0.29) is 22.2 Å². The van der Waals surface area contributed by atoms with Crippen molar-refractivity contribution in [1.82, 2.24) is 5.43 Å². The lowest BCUT2D eigenvalue weighted by Crippen LogP contribution is -2.24. The van der Waals surface area contributed by atoms with E-state index in [4.69, 9.17) is 21.1 Å². The summed E-state index contributed by atoms with van der Waals surface area (Å²) in [4.78, 5) is 34.9. The average Bonchev–Trinajstić information content (AvgIpc) is 2.80. The molecular weight excluding hydrogens is 598 g/mol. The fourth-order valence-electron chi connectivity index (χ4n) is 2.56. The van der Waals surface area contributed by atoms with Gasteiger partial charge in [0.15, 0.2) is 12.4 Å². The number of carbonyl (C=O) groups excluding carboxylic acids is 2. The Hall–Kier alpha value is -3.28. The van der Waals surface area contributed by atoms with Crippen LogP contribution in [-0.4, -0.2) is 29.6 Å². The van der Waals surface area contributed by atoms with Crippen molar-refractivity contribution in [2.45, 2.75) is 0 Å². The van der Waals surface area contributed by atoms with Crippen LogP contribution in [0.3, 0.4) is 0 Å². The van der Waals surface area contributed by atoms with Crippen LogP contribution in [0.4, 0.5) is 5.69 Å². The van der Waals surface area contributed by atoms with Crippen molar-refractivity contribution in [1.29, 1.82) is 0 Å². The van der Waals surface area contributed by atoms with Gasteiger partial charge in [-0.1, -0.05) is 43.5 Å². The fourth-order valence-corrected chi connectivity index (χ4v) is 3.37. The first kappa shape index (κ1) is 25.3. The SMILES string of the molecule is O=C(COc1ccc(Cl)cc1[N+](=O)[O-])N/N=C\c1cc(Br)ccc1OC(=O)c1ccc(Br)cc1. The van der Waals surface area contributed by atoms with E-state index in [1.807, 2.05) is 0 Å². The molecule has 1 amide bonds. The molecule has 0 radical (unpaired) electrons. The van der Waals surface area contributed by atoms with E-state index in [0.29, 0.717) is 15.6 Å². The standard InChI is InChI=1S/C22H14Br2ClN3O6/c23-15-3-1-13(2-4-15)22(30)34-19-7-5-16(24)9-14(19)11-26-27-21(29)12-33-20-8-6-17(25)10-18(20)28(31)32/h1-11H,12H2,(H,27,29)/b26-11-. The second-order valence-electron chi connectivity index (χ2n) is 6.53. The van der Waals surface area contributed by atoms with Crippen molar-refractivity contribution in [3.05, 3.63) is 95.9 Å². The van der Waals surface area contributed by atoms with Gasteiger partial charge in [-0.05, 0) is 54.6 Å². The van der Waals surface area contributed by atoms with Crippen molar-refractivity contribution in [3.8, 4) is 11.5 Å². The Morgan fingerprint density at radius 2 is 1.71 bits per heavy atom. The molecule has 12 heteroatoms. The summed E-state index contributed by atoms with van der Waals surface area (Å²) in [5.74, 6) is -1.11. The number of hydrazone groups is 1. The molecule has 3 aromatic rings. The Labute approximate surface area is 215 Å². The Kier molecular flexibility index (Phi) is 8.74. The van der Waals surface area contributed by atoms with Gasteiger partial charge < -0.3 is 9.47 Å². The highest BCUT2D eigenvalue weighted by atomic mass is 79.9. The number of hydrogen-bond donors (Lipinski definition) is 1. The average molecular weight is 612 g/mol. The molecular formula is C22H14Br2ClN3O6. The first-order valence-electron chi connectivity index (χ1n) is 9.39. The summed E-state index contributed by atoms with van der Waals surface area (Å²) in [6, 6.07) is 15.4.